The van der Waals surface area contributed by atoms with Crippen molar-refractivity contribution in [3.63, 3.8) is 0 Å². The zero-order valence-corrected chi connectivity index (χ0v) is 12.1. The Morgan fingerprint density at radius 1 is 1.55 bits per heavy atom. The lowest BCUT2D eigenvalue weighted by Gasteiger charge is -2.05. The van der Waals surface area contributed by atoms with E-state index in [1.807, 2.05) is 5.38 Å². The van der Waals surface area contributed by atoms with Crippen molar-refractivity contribution in [2.75, 3.05) is 6.54 Å². The highest BCUT2D eigenvalue weighted by molar-refractivity contribution is 7.89. The summed E-state index contributed by atoms with van der Waals surface area (Å²) < 4.78 is 26.6. The van der Waals surface area contributed by atoms with Crippen molar-refractivity contribution in [1.29, 1.82) is 0 Å². The van der Waals surface area contributed by atoms with Crippen LogP contribution in [-0.4, -0.2) is 41.2 Å². The van der Waals surface area contributed by atoms with Crippen LogP contribution in [-0.2, 0) is 16.4 Å². The summed E-state index contributed by atoms with van der Waals surface area (Å²) >= 11 is 1.42. The predicted octanol–water partition coefficient (Wildman–Crippen LogP) is 0.394. The maximum absolute atomic E-state index is 12.1. The monoisotopic (exact) mass is 316 g/mol. The molecule has 108 valence electrons. The number of nitrogens with zero attached hydrogens (tertiary/aromatic N) is 2. The Morgan fingerprint density at radius 3 is 2.90 bits per heavy atom. The first kappa shape index (κ1) is 14.6. The molecule has 0 aromatic carbocycles. The largest absolute Gasteiger partial charge is 0.476 e. The standard InChI is InChI=1S/C10H12N4O4S2/c1-6-9(8(10(15)16)14-13-6)20(17,18)12-3-2-7-4-19-5-11-7/h4-5,12H,2-3H2,1H3,(H,13,14)(H,15,16). The maximum atomic E-state index is 12.1. The number of hydrogen-bond acceptors (Lipinski definition) is 6. The molecule has 0 aliphatic rings. The Labute approximate surface area is 118 Å². The number of aromatic amines is 1. The van der Waals surface area contributed by atoms with Gasteiger partial charge in [0.25, 0.3) is 0 Å². The van der Waals surface area contributed by atoms with E-state index in [0.717, 1.165) is 5.69 Å². The van der Waals surface area contributed by atoms with Crippen molar-refractivity contribution in [2.45, 2.75) is 18.2 Å². The van der Waals surface area contributed by atoms with Gasteiger partial charge in [0.15, 0.2) is 5.69 Å². The second kappa shape index (κ2) is 5.69. The molecule has 0 unspecified atom stereocenters. The quantitative estimate of drug-likeness (QED) is 0.708. The first-order chi connectivity index (χ1) is 9.42. The van der Waals surface area contributed by atoms with Gasteiger partial charge in [-0.2, -0.15) is 5.10 Å². The van der Waals surface area contributed by atoms with E-state index >= 15 is 0 Å². The first-order valence-corrected chi connectivity index (χ1v) is 7.99. The topological polar surface area (TPSA) is 125 Å². The van der Waals surface area contributed by atoms with Gasteiger partial charge in [-0.3, -0.25) is 5.10 Å². The summed E-state index contributed by atoms with van der Waals surface area (Å²) in [7, 11) is -3.93. The fourth-order valence-corrected chi connectivity index (χ4v) is 3.58. The molecule has 0 fully saturated rings. The summed E-state index contributed by atoms with van der Waals surface area (Å²) in [4.78, 5) is 14.7. The molecule has 0 spiro atoms. The molecule has 2 aromatic heterocycles. The van der Waals surface area contributed by atoms with Crippen LogP contribution in [0.5, 0.6) is 0 Å². The van der Waals surface area contributed by atoms with Gasteiger partial charge in [0.2, 0.25) is 10.0 Å². The number of rotatable bonds is 6. The van der Waals surface area contributed by atoms with Crippen molar-refractivity contribution < 1.29 is 18.3 Å². The van der Waals surface area contributed by atoms with Crippen LogP contribution in [0, 0.1) is 6.92 Å². The Bertz CT molecular complexity index is 706. The highest BCUT2D eigenvalue weighted by Crippen LogP contribution is 2.17. The van der Waals surface area contributed by atoms with E-state index in [0.29, 0.717) is 6.42 Å². The molecule has 0 aliphatic heterocycles. The lowest BCUT2D eigenvalue weighted by Crippen LogP contribution is -2.27. The minimum absolute atomic E-state index is 0.135. The smallest absolute Gasteiger partial charge is 0.357 e. The number of aryl methyl sites for hydroxylation is 1. The minimum Gasteiger partial charge on any atom is -0.476 e. The van der Waals surface area contributed by atoms with Crippen LogP contribution in [0.4, 0.5) is 0 Å². The van der Waals surface area contributed by atoms with Gasteiger partial charge in [0.05, 0.1) is 16.9 Å². The van der Waals surface area contributed by atoms with Gasteiger partial charge >= 0.3 is 5.97 Å². The van der Waals surface area contributed by atoms with E-state index < -0.39 is 21.7 Å². The number of H-pyrrole nitrogens is 1. The van der Waals surface area contributed by atoms with Crippen molar-refractivity contribution >= 4 is 27.3 Å². The van der Waals surface area contributed by atoms with Crippen molar-refractivity contribution in [3.8, 4) is 0 Å². The molecule has 2 aromatic rings. The van der Waals surface area contributed by atoms with Gasteiger partial charge in [0.1, 0.15) is 4.90 Å². The molecule has 0 atom stereocenters. The van der Waals surface area contributed by atoms with E-state index in [1.54, 1.807) is 5.51 Å². The molecule has 0 saturated carbocycles. The molecule has 2 heterocycles. The summed E-state index contributed by atoms with van der Waals surface area (Å²) in [5.41, 5.74) is 2.11. The first-order valence-electron chi connectivity index (χ1n) is 5.57. The molecule has 3 N–H and O–H groups in total. The molecule has 20 heavy (non-hydrogen) atoms. The number of hydrogen-bond donors (Lipinski definition) is 3. The molecule has 0 bridgehead atoms. The van der Waals surface area contributed by atoms with Gasteiger partial charge in [-0.1, -0.05) is 0 Å². The zero-order valence-electron chi connectivity index (χ0n) is 10.5. The second-order valence-corrected chi connectivity index (χ2v) is 6.38. The van der Waals surface area contributed by atoms with Crippen LogP contribution in [0.1, 0.15) is 21.9 Å². The van der Waals surface area contributed by atoms with Crippen molar-refractivity contribution in [1.82, 2.24) is 19.9 Å². The molecular weight excluding hydrogens is 304 g/mol. The summed E-state index contributed by atoms with van der Waals surface area (Å²) in [5.74, 6) is -1.39. The highest BCUT2D eigenvalue weighted by atomic mass is 32.2. The van der Waals surface area contributed by atoms with Crippen LogP contribution in [0.15, 0.2) is 15.8 Å². The Hall–Kier alpha value is -1.78. The highest BCUT2D eigenvalue weighted by Gasteiger charge is 2.27. The molecule has 8 nitrogen and oxygen atoms in total. The minimum atomic E-state index is -3.93. The number of thiazole rings is 1. The number of nitrogens with one attached hydrogen (secondary N) is 2. The van der Waals surface area contributed by atoms with E-state index in [9.17, 15) is 13.2 Å². The molecule has 0 radical (unpaired) electrons. The number of carboxylic acid groups (broad SMARTS) is 1. The third kappa shape index (κ3) is 3.03. The fraction of sp³-hybridized carbons (Fsp3) is 0.300. The van der Waals surface area contributed by atoms with Gasteiger partial charge in [-0.15, -0.1) is 11.3 Å². The van der Waals surface area contributed by atoms with E-state index in [2.05, 4.69) is 19.9 Å². The molecule has 0 aliphatic carbocycles. The van der Waals surface area contributed by atoms with E-state index in [-0.39, 0.29) is 17.1 Å². The molecule has 0 amide bonds. The van der Waals surface area contributed by atoms with Crippen molar-refractivity contribution in [2.24, 2.45) is 0 Å². The van der Waals surface area contributed by atoms with Gasteiger partial charge in [-0.05, 0) is 6.92 Å². The van der Waals surface area contributed by atoms with E-state index in [4.69, 9.17) is 5.11 Å². The molecule has 2 rings (SSSR count). The maximum Gasteiger partial charge on any atom is 0.357 e. The number of carboxylic acids is 1. The zero-order chi connectivity index (χ0) is 14.8. The third-order valence-corrected chi connectivity index (χ3v) is 4.78. The Morgan fingerprint density at radius 2 is 2.30 bits per heavy atom. The fourth-order valence-electron chi connectivity index (χ4n) is 1.64. The number of aromatic carboxylic acids is 1. The average Bonchev–Trinajstić information content (AvgIpc) is 2.98. The number of sulfonamides is 1. The van der Waals surface area contributed by atoms with Gasteiger partial charge in [0, 0.05) is 18.3 Å². The van der Waals surface area contributed by atoms with Crippen LogP contribution in [0.2, 0.25) is 0 Å². The van der Waals surface area contributed by atoms with Crippen LogP contribution >= 0.6 is 11.3 Å². The summed E-state index contributed by atoms with van der Waals surface area (Å²) in [6.45, 7) is 1.59. The summed E-state index contributed by atoms with van der Waals surface area (Å²) in [6, 6.07) is 0. The van der Waals surface area contributed by atoms with Crippen molar-refractivity contribution in [3.05, 3.63) is 28.0 Å². The Kier molecular flexibility index (Phi) is 4.16. The number of aromatic nitrogens is 3. The van der Waals surface area contributed by atoms with Crippen LogP contribution in [0.25, 0.3) is 0 Å². The van der Waals surface area contributed by atoms with Gasteiger partial charge in [-0.25, -0.2) is 22.9 Å². The summed E-state index contributed by atoms with van der Waals surface area (Å²) in [5, 5.41) is 16.6. The van der Waals surface area contributed by atoms with Crippen LogP contribution in [0.3, 0.4) is 0 Å². The second-order valence-electron chi connectivity index (χ2n) is 3.96. The average molecular weight is 316 g/mol. The third-order valence-electron chi connectivity index (χ3n) is 2.52. The molecular formula is C10H12N4O4S2. The van der Waals surface area contributed by atoms with Gasteiger partial charge < -0.3 is 5.11 Å². The predicted molar refractivity (Wildman–Crippen MR) is 71.3 cm³/mol. The van der Waals surface area contributed by atoms with Crippen LogP contribution < -0.4 is 4.72 Å². The molecule has 0 saturated heterocycles. The number of carbonyl (C=O) groups is 1. The molecule has 10 heteroatoms. The van der Waals surface area contributed by atoms with E-state index in [1.165, 1.54) is 18.3 Å². The summed E-state index contributed by atoms with van der Waals surface area (Å²) in [6.07, 6.45) is 0.433. The SMILES string of the molecule is Cc1[nH]nc(C(=O)O)c1S(=O)(=O)NCCc1cscn1. The lowest BCUT2D eigenvalue weighted by molar-refractivity contribution is 0.0686. The Balaban J connectivity index is 2.14. The normalized spacial score (nSPS) is 11.7. The lowest BCUT2D eigenvalue weighted by atomic mass is 10.3.